The van der Waals surface area contributed by atoms with Gasteiger partial charge in [0.25, 0.3) is 0 Å². The molecule has 0 saturated heterocycles. The van der Waals surface area contributed by atoms with Gasteiger partial charge in [-0.05, 0) is 18.8 Å². The summed E-state index contributed by atoms with van der Waals surface area (Å²) in [5.74, 6) is -0.480. The Bertz CT molecular complexity index is 192. The zero-order chi connectivity index (χ0) is 9.90. The van der Waals surface area contributed by atoms with Gasteiger partial charge in [0.05, 0.1) is 0 Å². The molecule has 1 aliphatic carbocycles. The number of hydrogen-bond donors (Lipinski definition) is 2. The van der Waals surface area contributed by atoms with Crippen molar-refractivity contribution in [3.8, 4) is 0 Å². The third kappa shape index (κ3) is 2.34. The summed E-state index contributed by atoms with van der Waals surface area (Å²) in [6.07, 6.45) is 5.59. The van der Waals surface area contributed by atoms with E-state index in [9.17, 15) is 4.79 Å². The minimum absolute atomic E-state index is 0.244. The van der Waals surface area contributed by atoms with Crippen molar-refractivity contribution >= 4 is 28.6 Å². The van der Waals surface area contributed by atoms with Gasteiger partial charge < -0.3 is 10.8 Å². The molecule has 0 aromatic heterocycles. The lowest BCUT2D eigenvalue weighted by atomic mass is 9.80. The van der Waals surface area contributed by atoms with Crippen LogP contribution in [0.5, 0.6) is 0 Å². The standard InChI is InChI=1S/C9H16INO2/c10-9(6-11,8(12)13)7-4-2-1-3-5-7/h7H,1-6,11H2,(H,12,13). The zero-order valence-corrected chi connectivity index (χ0v) is 9.79. The molecule has 1 aliphatic rings. The van der Waals surface area contributed by atoms with Crippen LogP contribution >= 0.6 is 22.6 Å². The Balaban J connectivity index is 2.68. The Kier molecular flexibility index (Phi) is 3.97. The summed E-state index contributed by atoms with van der Waals surface area (Å²) in [6, 6.07) is 0. The molecule has 3 nitrogen and oxygen atoms in total. The van der Waals surface area contributed by atoms with E-state index in [0.29, 0.717) is 0 Å². The van der Waals surface area contributed by atoms with Gasteiger partial charge >= 0.3 is 5.97 Å². The number of carboxylic acid groups (broad SMARTS) is 1. The maximum atomic E-state index is 11.1. The number of carbonyl (C=O) groups is 1. The van der Waals surface area contributed by atoms with Gasteiger partial charge in [0, 0.05) is 6.54 Å². The second-order valence-corrected chi connectivity index (χ2v) is 5.63. The first-order valence-electron chi connectivity index (χ1n) is 4.73. The lowest BCUT2D eigenvalue weighted by Crippen LogP contribution is -2.47. The Morgan fingerprint density at radius 2 is 2.00 bits per heavy atom. The topological polar surface area (TPSA) is 63.3 Å². The fraction of sp³-hybridized carbons (Fsp3) is 0.889. The van der Waals surface area contributed by atoms with Crippen molar-refractivity contribution in [2.24, 2.45) is 11.7 Å². The number of halogens is 1. The molecule has 3 N–H and O–H groups in total. The first-order valence-corrected chi connectivity index (χ1v) is 5.81. The first-order chi connectivity index (χ1) is 6.11. The lowest BCUT2D eigenvalue weighted by Gasteiger charge is -2.33. The Morgan fingerprint density at radius 3 is 2.38 bits per heavy atom. The quantitative estimate of drug-likeness (QED) is 0.616. The summed E-state index contributed by atoms with van der Waals surface area (Å²) >= 11 is 2.02. The van der Waals surface area contributed by atoms with Gasteiger partial charge in [-0.3, -0.25) is 4.79 Å². The van der Waals surface area contributed by atoms with E-state index in [1.807, 2.05) is 22.6 Å². The molecule has 1 atom stereocenters. The first kappa shape index (κ1) is 11.2. The Labute approximate surface area is 92.2 Å². The maximum absolute atomic E-state index is 11.1. The molecule has 1 saturated carbocycles. The molecular weight excluding hydrogens is 281 g/mol. The number of rotatable bonds is 3. The molecule has 76 valence electrons. The maximum Gasteiger partial charge on any atom is 0.321 e. The fourth-order valence-electron chi connectivity index (χ4n) is 1.99. The minimum Gasteiger partial charge on any atom is -0.480 e. The summed E-state index contributed by atoms with van der Waals surface area (Å²) < 4.78 is -0.724. The van der Waals surface area contributed by atoms with Gasteiger partial charge in [0.2, 0.25) is 0 Å². The predicted molar refractivity (Wildman–Crippen MR) is 60.0 cm³/mol. The van der Waals surface area contributed by atoms with Crippen molar-refractivity contribution in [2.75, 3.05) is 6.54 Å². The van der Waals surface area contributed by atoms with Gasteiger partial charge in [-0.25, -0.2) is 0 Å². The molecule has 0 spiro atoms. The number of alkyl halides is 1. The second kappa shape index (κ2) is 4.59. The monoisotopic (exact) mass is 297 g/mol. The van der Waals surface area contributed by atoms with Crippen molar-refractivity contribution in [2.45, 2.75) is 35.5 Å². The van der Waals surface area contributed by atoms with Gasteiger partial charge in [0.15, 0.2) is 0 Å². The molecule has 4 heteroatoms. The largest absolute Gasteiger partial charge is 0.480 e. The third-order valence-corrected chi connectivity index (χ3v) is 4.69. The van der Waals surface area contributed by atoms with Gasteiger partial charge in [-0.2, -0.15) is 0 Å². The van der Waals surface area contributed by atoms with E-state index in [4.69, 9.17) is 10.8 Å². The highest BCUT2D eigenvalue weighted by atomic mass is 127. The van der Waals surface area contributed by atoms with Crippen LogP contribution in [0.25, 0.3) is 0 Å². The highest BCUT2D eigenvalue weighted by molar-refractivity contribution is 14.1. The van der Waals surface area contributed by atoms with Crippen molar-refractivity contribution in [3.63, 3.8) is 0 Å². The van der Waals surface area contributed by atoms with Crippen molar-refractivity contribution in [3.05, 3.63) is 0 Å². The van der Waals surface area contributed by atoms with E-state index >= 15 is 0 Å². The zero-order valence-electron chi connectivity index (χ0n) is 7.63. The summed E-state index contributed by atoms with van der Waals surface area (Å²) in [6.45, 7) is 0.244. The molecule has 1 rings (SSSR count). The Morgan fingerprint density at radius 1 is 1.46 bits per heavy atom. The van der Waals surface area contributed by atoms with Gasteiger partial charge in [-0.15, -0.1) is 0 Å². The van der Waals surface area contributed by atoms with Crippen LogP contribution in [0.2, 0.25) is 0 Å². The predicted octanol–water partition coefficient (Wildman–Crippen LogP) is 1.78. The Hall–Kier alpha value is 0.160. The summed E-state index contributed by atoms with van der Waals surface area (Å²) in [4.78, 5) is 11.1. The van der Waals surface area contributed by atoms with E-state index in [1.165, 1.54) is 6.42 Å². The SMILES string of the molecule is NCC(I)(C(=O)O)C1CCCCC1. The number of hydrogen-bond acceptors (Lipinski definition) is 2. The van der Waals surface area contributed by atoms with Crippen LogP contribution in [0.3, 0.4) is 0 Å². The van der Waals surface area contributed by atoms with Crippen LogP contribution in [0.15, 0.2) is 0 Å². The van der Waals surface area contributed by atoms with Crippen LogP contribution in [0.1, 0.15) is 32.1 Å². The van der Waals surface area contributed by atoms with Crippen LogP contribution in [-0.2, 0) is 4.79 Å². The van der Waals surface area contributed by atoms with E-state index in [2.05, 4.69) is 0 Å². The molecule has 0 aromatic rings. The normalized spacial score (nSPS) is 23.8. The van der Waals surface area contributed by atoms with Crippen molar-refractivity contribution < 1.29 is 9.90 Å². The number of nitrogens with two attached hydrogens (primary N) is 1. The minimum atomic E-state index is -0.748. The van der Waals surface area contributed by atoms with Crippen LogP contribution in [0, 0.1) is 5.92 Å². The van der Waals surface area contributed by atoms with Crippen LogP contribution in [0.4, 0.5) is 0 Å². The van der Waals surface area contributed by atoms with E-state index in [0.717, 1.165) is 25.7 Å². The molecule has 13 heavy (non-hydrogen) atoms. The van der Waals surface area contributed by atoms with E-state index < -0.39 is 9.39 Å². The van der Waals surface area contributed by atoms with Gasteiger partial charge in [0.1, 0.15) is 3.42 Å². The molecule has 0 bridgehead atoms. The highest BCUT2D eigenvalue weighted by Crippen LogP contribution is 2.38. The number of aliphatic carboxylic acids is 1. The average Bonchev–Trinajstić information content (AvgIpc) is 2.17. The second-order valence-electron chi connectivity index (χ2n) is 3.71. The molecule has 0 aliphatic heterocycles. The van der Waals surface area contributed by atoms with Crippen LogP contribution in [-0.4, -0.2) is 21.0 Å². The molecule has 1 unspecified atom stereocenters. The van der Waals surface area contributed by atoms with Crippen molar-refractivity contribution in [1.29, 1.82) is 0 Å². The summed E-state index contributed by atoms with van der Waals surface area (Å²) in [7, 11) is 0. The summed E-state index contributed by atoms with van der Waals surface area (Å²) in [5, 5.41) is 9.10. The molecule has 0 amide bonds. The molecule has 1 fully saturated rings. The van der Waals surface area contributed by atoms with E-state index in [1.54, 1.807) is 0 Å². The average molecular weight is 297 g/mol. The fourth-order valence-corrected chi connectivity index (χ4v) is 2.61. The van der Waals surface area contributed by atoms with Crippen molar-refractivity contribution in [1.82, 2.24) is 0 Å². The van der Waals surface area contributed by atoms with E-state index in [-0.39, 0.29) is 12.5 Å². The van der Waals surface area contributed by atoms with Crippen LogP contribution < -0.4 is 5.73 Å². The molecule has 0 heterocycles. The highest BCUT2D eigenvalue weighted by Gasteiger charge is 2.42. The molecule has 0 radical (unpaired) electrons. The number of carboxylic acids is 1. The molecular formula is C9H16INO2. The molecule has 0 aromatic carbocycles. The smallest absolute Gasteiger partial charge is 0.321 e. The summed E-state index contributed by atoms with van der Waals surface area (Å²) in [5.41, 5.74) is 5.55. The van der Waals surface area contributed by atoms with Gasteiger partial charge in [-0.1, -0.05) is 41.9 Å². The lowest BCUT2D eigenvalue weighted by molar-refractivity contribution is -0.140. The third-order valence-electron chi connectivity index (χ3n) is 2.90.